The zero-order chi connectivity index (χ0) is 9.80. The Balaban J connectivity index is 2.20. The van der Waals surface area contributed by atoms with E-state index >= 15 is 0 Å². The van der Waals surface area contributed by atoms with Crippen molar-refractivity contribution in [2.75, 3.05) is 0 Å². The largest absolute Gasteiger partial charge is 0.319 e. The summed E-state index contributed by atoms with van der Waals surface area (Å²) >= 11 is 0. The Bertz CT molecular complexity index is 429. The highest BCUT2D eigenvalue weighted by Gasteiger charge is 1.92. The van der Waals surface area contributed by atoms with Gasteiger partial charge in [-0.15, -0.1) is 0 Å². The molecule has 2 aromatic rings. The van der Waals surface area contributed by atoms with Crippen LogP contribution in [0.1, 0.15) is 5.56 Å². The first-order valence-electron chi connectivity index (χ1n) is 4.43. The third kappa shape index (κ3) is 1.88. The van der Waals surface area contributed by atoms with Crippen LogP contribution in [0.4, 0.5) is 5.95 Å². The molecule has 1 aromatic carbocycles. The minimum atomic E-state index is 0.717. The van der Waals surface area contributed by atoms with Crippen molar-refractivity contribution in [3.63, 3.8) is 0 Å². The molecule has 0 amide bonds. The number of imidazole rings is 1. The number of rotatable bonds is 2. The number of nitrogens with zero attached hydrogens (tertiary/aromatic N) is 3. The van der Waals surface area contributed by atoms with Gasteiger partial charge in [0.25, 0.3) is 0 Å². The lowest BCUT2D eigenvalue weighted by molar-refractivity contribution is 0.912. The summed E-state index contributed by atoms with van der Waals surface area (Å²) in [7, 11) is 1.92. The highest BCUT2D eigenvalue weighted by Crippen LogP contribution is 2.05. The van der Waals surface area contributed by atoms with Gasteiger partial charge in [0.1, 0.15) is 0 Å². The first kappa shape index (κ1) is 8.69. The molecule has 0 spiro atoms. The van der Waals surface area contributed by atoms with Crippen LogP contribution in [0.5, 0.6) is 0 Å². The Kier molecular flexibility index (Phi) is 2.40. The third-order valence-electron chi connectivity index (χ3n) is 1.92. The summed E-state index contributed by atoms with van der Waals surface area (Å²) in [4.78, 5) is 8.36. The molecule has 2 rings (SSSR count). The van der Waals surface area contributed by atoms with Crippen LogP contribution >= 0.6 is 0 Å². The summed E-state index contributed by atoms with van der Waals surface area (Å²) in [6.45, 7) is 0. The van der Waals surface area contributed by atoms with Crippen LogP contribution in [0, 0.1) is 0 Å². The molecule has 0 saturated heterocycles. The molecule has 1 aromatic heterocycles. The summed E-state index contributed by atoms with van der Waals surface area (Å²) in [6.07, 6.45) is 5.41. The highest BCUT2D eigenvalue weighted by atomic mass is 15.1. The van der Waals surface area contributed by atoms with Gasteiger partial charge < -0.3 is 4.57 Å². The van der Waals surface area contributed by atoms with Crippen molar-refractivity contribution >= 4 is 12.2 Å². The van der Waals surface area contributed by atoms with Crippen molar-refractivity contribution in [3.8, 4) is 0 Å². The van der Waals surface area contributed by atoms with E-state index in [1.54, 1.807) is 6.20 Å². The summed E-state index contributed by atoms with van der Waals surface area (Å²) in [6, 6.07) is 9.97. The van der Waals surface area contributed by atoms with Gasteiger partial charge in [-0.3, -0.25) is 0 Å². The van der Waals surface area contributed by atoms with Gasteiger partial charge in [-0.1, -0.05) is 30.3 Å². The van der Waals surface area contributed by atoms with Crippen molar-refractivity contribution in [2.24, 2.45) is 12.0 Å². The maximum Gasteiger partial charge on any atom is 0.229 e. The topological polar surface area (TPSA) is 30.2 Å². The van der Waals surface area contributed by atoms with Crippen molar-refractivity contribution in [1.29, 1.82) is 0 Å². The first-order chi connectivity index (χ1) is 6.86. The first-order valence-corrected chi connectivity index (χ1v) is 4.43. The molecule has 14 heavy (non-hydrogen) atoms. The maximum absolute atomic E-state index is 4.26. The zero-order valence-corrected chi connectivity index (χ0v) is 7.96. The van der Waals surface area contributed by atoms with E-state index in [9.17, 15) is 0 Å². The maximum atomic E-state index is 4.26. The van der Waals surface area contributed by atoms with Crippen molar-refractivity contribution in [2.45, 2.75) is 0 Å². The number of benzene rings is 1. The van der Waals surface area contributed by atoms with E-state index in [1.807, 2.05) is 54.4 Å². The number of hydrogen-bond donors (Lipinski definition) is 0. The molecule has 0 atom stereocenters. The van der Waals surface area contributed by atoms with Crippen LogP contribution in [-0.4, -0.2) is 15.8 Å². The zero-order valence-electron chi connectivity index (χ0n) is 7.96. The lowest BCUT2D eigenvalue weighted by Gasteiger charge is -1.93. The Morgan fingerprint density at radius 2 is 2.07 bits per heavy atom. The van der Waals surface area contributed by atoms with E-state index in [2.05, 4.69) is 9.98 Å². The van der Waals surface area contributed by atoms with Crippen molar-refractivity contribution in [3.05, 3.63) is 48.3 Å². The van der Waals surface area contributed by atoms with Crippen LogP contribution in [0.3, 0.4) is 0 Å². The van der Waals surface area contributed by atoms with E-state index in [0.29, 0.717) is 5.95 Å². The molecule has 0 N–H and O–H groups in total. The molecule has 0 unspecified atom stereocenters. The summed E-state index contributed by atoms with van der Waals surface area (Å²) in [5, 5.41) is 0. The molecular weight excluding hydrogens is 174 g/mol. The van der Waals surface area contributed by atoms with Crippen LogP contribution in [-0.2, 0) is 7.05 Å². The standard InChI is InChI=1S/C11H11N3/c1-14-8-7-12-11(14)13-9-10-5-3-2-4-6-10/h2-9H,1H3/b13-9+. The normalized spacial score (nSPS) is 10.9. The van der Waals surface area contributed by atoms with Crippen LogP contribution < -0.4 is 0 Å². The van der Waals surface area contributed by atoms with E-state index in [0.717, 1.165) is 5.56 Å². The molecular formula is C11H11N3. The smallest absolute Gasteiger partial charge is 0.229 e. The number of aliphatic imine (C=N–C) groups is 1. The van der Waals surface area contributed by atoms with Crippen LogP contribution in [0.15, 0.2) is 47.7 Å². The average Bonchev–Trinajstić information content (AvgIpc) is 2.63. The Morgan fingerprint density at radius 3 is 2.71 bits per heavy atom. The fourth-order valence-corrected chi connectivity index (χ4v) is 1.15. The molecule has 0 aliphatic carbocycles. The van der Waals surface area contributed by atoms with Crippen LogP contribution in [0.25, 0.3) is 0 Å². The Morgan fingerprint density at radius 1 is 1.29 bits per heavy atom. The third-order valence-corrected chi connectivity index (χ3v) is 1.92. The Labute approximate surface area is 82.8 Å². The van der Waals surface area contributed by atoms with Gasteiger partial charge in [0.15, 0.2) is 0 Å². The summed E-state index contributed by atoms with van der Waals surface area (Å²) in [5.41, 5.74) is 1.08. The molecule has 0 fully saturated rings. The molecule has 0 saturated carbocycles. The van der Waals surface area contributed by atoms with Gasteiger partial charge in [-0.25, -0.2) is 9.98 Å². The van der Waals surface area contributed by atoms with Crippen LogP contribution in [0.2, 0.25) is 0 Å². The molecule has 1 heterocycles. The van der Waals surface area contributed by atoms with Crippen molar-refractivity contribution in [1.82, 2.24) is 9.55 Å². The predicted octanol–water partition coefficient (Wildman–Crippen LogP) is 2.17. The van der Waals surface area contributed by atoms with Gasteiger partial charge in [0.05, 0.1) is 0 Å². The van der Waals surface area contributed by atoms with E-state index < -0.39 is 0 Å². The second-order valence-corrected chi connectivity index (χ2v) is 3.01. The molecule has 3 heteroatoms. The minimum absolute atomic E-state index is 0.717. The second kappa shape index (κ2) is 3.87. The summed E-state index contributed by atoms with van der Waals surface area (Å²) in [5.74, 6) is 0.717. The molecule has 70 valence electrons. The SMILES string of the molecule is Cn1ccnc1/N=C/c1ccccc1. The minimum Gasteiger partial charge on any atom is -0.319 e. The van der Waals surface area contributed by atoms with E-state index in [1.165, 1.54) is 0 Å². The Hall–Kier alpha value is -1.90. The summed E-state index contributed by atoms with van der Waals surface area (Å²) < 4.78 is 1.87. The lowest BCUT2D eigenvalue weighted by Crippen LogP contribution is -1.85. The molecule has 0 bridgehead atoms. The second-order valence-electron chi connectivity index (χ2n) is 3.01. The predicted molar refractivity (Wildman–Crippen MR) is 56.9 cm³/mol. The van der Waals surface area contributed by atoms with Crippen molar-refractivity contribution < 1.29 is 0 Å². The molecule has 0 aliphatic rings. The van der Waals surface area contributed by atoms with E-state index in [-0.39, 0.29) is 0 Å². The number of aromatic nitrogens is 2. The van der Waals surface area contributed by atoms with Gasteiger partial charge >= 0.3 is 0 Å². The van der Waals surface area contributed by atoms with E-state index in [4.69, 9.17) is 0 Å². The molecule has 0 radical (unpaired) electrons. The monoisotopic (exact) mass is 185 g/mol. The fourth-order valence-electron chi connectivity index (χ4n) is 1.15. The number of hydrogen-bond acceptors (Lipinski definition) is 2. The van der Waals surface area contributed by atoms with Gasteiger partial charge in [0, 0.05) is 25.7 Å². The lowest BCUT2D eigenvalue weighted by atomic mass is 10.2. The molecule has 0 aliphatic heterocycles. The quantitative estimate of drug-likeness (QED) is 0.659. The number of aryl methyl sites for hydroxylation is 1. The molecule has 3 nitrogen and oxygen atoms in total. The average molecular weight is 185 g/mol. The van der Waals surface area contributed by atoms with Gasteiger partial charge in [-0.05, 0) is 5.56 Å². The van der Waals surface area contributed by atoms with Gasteiger partial charge in [-0.2, -0.15) is 0 Å². The highest BCUT2D eigenvalue weighted by molar-refractivity contribution is 5.80. The fraction of sp³-hybridized carbons (Fsp3) is 0.0909. The van der Waals surface area contributed by atoms with Gasteiger partial charge in [0.2, 0.25) is 5.95 Å².